The average Bonchev–Trinajstić information content (AvgIpc) is 2.30. The molecule has 3 nitrogen and oxygen atoms in total. The third kappa shape index (κ3) is 2.45. The van der Waals surface area contributed by atoms with E-state index in [-0.39, 0.29) is 5.56 Å². The number of nitrogens with zero attached hydrogens (tertiary/aromatic N) is 1. The topological polar surface area (TPSA) is 50.2 Å². The van der Waals surface area contributed by atoms with Crippen molar-refractivity contribution in [3.8, 4) is 11.1 Å². The van der Waals surface area contributed by atoms with Crippen molar-refractivity contribution in [1.29, 1.82) is 0 Å². The molecule has 1 heterocycles. The molecule has 86 valence electrons. The second kappa shape index (κ2) is 4.55. The number of hydrogen-bond acceptors (Lipinski definition) is 2. The Morgan fingerprint density at radius 2 is 2.06 bits per heavy atom. The highest BCUT2D eigenvalue weighted by Gasteiger charge is 2.12. The first-order chi connectivity index (χ1) is 8.08. The van der Waals surface area contributed by atoms with Crippen molar-refractivity contribution >= 4 is 17.6 Å². The first-order valence-corrected chi connectivity index (χ1v) is 5.41. The summed E-state index contributed by atoms with van der Waals surface area (Å²) < 4.78 is 0. The molecule has 2 aromatic rings. The molecule has 0 unspecified atom stereocenters. The number of carboxylic acid groups (broad SMARTS) is 1. The number of aryl methyl sites for hydroxylation is 1. The monoisotopic (exact) mass is 247 g/mol. The maximum atomic E-state index is 11.1. The van der Waals surface area contributed by atoms with Gasteiger partial charge in [0, 0.05) is 22.5 Å². The molecule has 0 saturated carbocycles. The van der Waals surface area contributed by atoms with Gasteiger partial charge in [-0.3, -0.25) is 4.98 Å². The Morgan fingerprint density at radius 1 is 1.29 bits per heavy atom. The van der Waals surface area contributed by atoms with Crippen molar-refractivity contribution in [2.24, 2.45) is 0 Å². The van der Waals surface area contributed by atoms with Crippen LogP contribution in [0.1, 0.15) is 16.1 Å². The SMILES string of the molecule is Cc1ccc(-c2ccc(Cl)cc2C(=O)O)cn1. The summed E-state index contributed by atoms with van der Waals surface area (Å²) in [5.41, 5.74) is 2.46. The zero-order chi connectivity index (χ0) is 12.4. The van der Waals surface area contributed by atoms with Crippen molar-refractivity contribution in [2.75, 3.05) is 0 Å². The molecule has 0 spiro atoms. The molecule has 0 aliphatic heterocycles. The van der Waals surface area contributed by atoms with Gasteiger partial charge in [0.2, 0.25) is 0 Å². The van der Waals surface area contributed by atoms with Crippen LogP contribution >= 0.6 is 11.6 Å². The lowest BCUT2D eigenvalue weighted by Gasteiger charge is -2.06. The summed E-state index contributed by atoms with van der Waals surface area (Å²) in [5.74, 6) is -0.997. The predicted octanol–water partition coefficient (Wildman–Crippen LogP) is 3.41. The highest BCUT2D eigenvalue weighted by Crippen LogP contribution is 2.26. The van der Waals surface area contributed by atoms with Crippen LogP contribution in [0.4, 0.5) is 0 Å². The number of halogens is 1. The van der Waals surface area contributed by atoms with Crippen LogP contribution in [0.25, 0.3) is 11.1 Å². The zero-order valence-electron chi connectivity index (χ0n) is 9.14. The molecule has 0 bridgehead atoms. The first kappa shape index (κ1) is 11.6. The van der Waals surface area contributed by atoms with Gasteiger partial charge in [-0.2, -0.15) is 0 Å². The summed E-state index contributed by atoms with van der Waals surface area (Å²) in [6.07, 6.45) is 1.66. The van der Waals surface area contributed by atoms with Gasteiger partial charge in [-0.1, -0.05) is 23.7 Å². The average molecular weight is 248 g/mol. The molecule has 0 amide bonds. The van der Waals surface area contributed by atoms with E-state index in [1.165, 1.54) is 6.07 Å². The Balaban J connectivity index is 2.58. The van der Waals surface area contributed by atoms with Crippen LogP contribution in [-0.4, -0.2) is 16.1 Å². The van der Waals surface area contributed by atoms with Gasteiger partial charge in [-0.15, -0.1) is 0 Å². The van der Waals surface area contributed by atoms with Crippen molar-refractivity contribution in [1.82, 2.24) is 4.98 Å². The normalized spacial score (nSPS) is 10.2. The summed E-state index contributed by atoms with van der Waals surface area (Å²) in [6, 6.07) is 8.49. The van der Waals surface area contributed by atoms with Gasteiger partial charge in [0.15, 0.2) is 0 Å². The van der Waals surface area contributed by atoms with E-state index < -0.39 is 5.97 Å². The summed E-state index contributed by atoms with van der Waals surface area (Å²) in [6.45, 7) is 1.88. The van der Waals surface area contributed by atoms with Crippen molar-refractivity contribution < 1.29 is 9.90 Å². The van der Waals surface area contributed by atoms with Crippen molar-refractivity contribution in [3.05, 3.63) is 52.8 Å². The molecule has 1 aromatic heterocycles. The zero-order valence-corrected chi connectivity index (χ0v) is 9.90. The smallest absolute Gasteiger partial charge is 0.336 e. The summed E-state index contributed by atoms with van der Waals surface area (Å²) in [4.78, 5) is 15.3. The number of carbonyl (C=O) groups is 1. The maximum absolute atomic E-state index is 11.1. The van der Waals surface area contributed by atoms with Gasteiger partial charge in [-0.25, -0.2) is 4.79 Å². The van der Waals surface area contributed by atoms with Gasteiger partial charge in [0.05, 0.1) is 5.56 Å². The van der Waals surface area contributed by atoms with Gasteiger partial charge >= 0.3 is 5.97 Å². The molecular weight excluding hydrogens is 238 g/mol. The van der Waals surface area contributed by atoms with Crippen LogP contribution in [0.5, 0.6) is 0 Å². The van der Waals surface area contributed by atoms with Gasteiger partial charge in [0.25, 0.3) is 0 Å². The number of benzene rings is 1. The van der Waals surface area contributed by atoms with Gasteiger partial charge in [0.1, 0.15) is 0 Å². The number of hydrogen-bond donors (Lipinski definition) is 1. The minimum absolute atomic E-state index is 0.183. The largest absolute Gasteiger partial charge is 0.478 e. The highest BCUT2D eigenvalue weighted by atomic mass is 35.5. The summed E-state index contributed by atoms with van der Waals surface area (Å²) >= 11 is 5.79. The lowest BCUT2D eigenvalue weighted by molar-refractivity contribution is 0.0697. The van der Waals surface area contributed by atoms with Crippen LogP contribution in [0.2, 0.25) is 5.02 Å². The van der Waals surface area contributed by atoms with Crippen molar-refractivity contribution in [3.63, 3.8) is 0 Å². The Bertz CT molecular complexity index is 564. The van der Waals surface area contributed by atoms with Crippen LogP contribution < -0.4 is 0 Å². The molecule has 4 heteroatoms. The van der Waals surface area contributed by atoms with E-state index in [9.17, 15) is 4.79 Å². The molecule has 0 aliphatic rings. The Morgan fingerprint density at radius 3 is 2.65 bits per heavy atom. The molecule has 1 N–H and O–H groups in total. The molecule has 0 aliphatic carbocycles. The fourth-order valence-corrected chi connectivity index (χ4v) is 1.74. The third-order valence-electron chi connectivity index (χ3n) is 2.43. The Hall–Kier alpha value is -1.87. The minimum atomic E-state index is -0.997. The third-order valence-corrected chi connectivity index (χ3v) is 2.67. The molecular formula is C13H10ClNO2. The summed E-state index contributed by atoms with van der Waals surface area (Å²) in [7, 11) is 0. The Kier molecular flexibility index (Phi) is 3.11. The number of pyridine rings is 1. The van der Waals surface area contributed by atoms with E-state index in [1.54, 1.807) is 18.3 Å². The van der Waals surface area contributed by atoms with E-state index in [0.29, 0.717) is 10.6 Å². The predicted molar refractivity (Wildman–Crippen MR) is 66.4 cm³/mol. The van der Waals surface area contributed by atoms with Crippen LogP contribution in [-0.2, 0) is 0 Å². The van der Waals surface area contributed by atoms with E-state index in [4.69, 9.17) is 16.7 Å². The molecule has 0 saturated heterocycles. The Labute approximate surface area is 104 Å². The highest BCUT2D eigenvalue weighted by molar-refractivity contribution is 6.31. The number of rotatable bonds is 2. The van der Waals surface area contributed by atoms with E-state index in [0.717, 1.165) is 11.3 Å². The lowest BCUT2D eigenvalue weighted by atomic mass is 10.0. The van der Waals surface area contributed by atoms with E-state index >= 15 is 0 Å². The van der Waals surface area contributed by atoms with E-state index in [2.05, 4.69) is 4.98 Å². The van der Waals surface area contributed by atoms with Crippen molar-refractivity contribution in [2.45, 2.75) is 6.92 Å². The molecule has 1 aromatic carbocycles. The lowest BCUT2D eigenvalue weighted by Crippen LogP contribution is -1.99. The first-order valence-electron chi connectivity index (χ1n) is 5.04. The van der Waals surface area contributed by atoms with Crippen LogP contribution in [0.15, 0.2) is 36.5 Å². The molecule has 2 rings (SSSR count). The molecule has 0 fully saturated rings. The standard InChI is InChI=1S/C13H10ClNO2/c1-8-2-3-9(7-15-8)11-5-4-10(14)6-12(11)13(16)17/h2-7H,1H3,(H,16,17). The van der Waals surface area contributed by atoms with E-state index in [1.807, 2.05) is 19.1 Å². The number of aromatic nitrogens is 1. The maximum Gasteiger partial charge on any atom is 0.336 e. The molecule has 0 radical (unpaired) electrons. The number of aromatic carboxylic acids is 1. The minimum Gasteiger partial charge on any atom is -0.478 e. The fraction of sp³-hybridized carbons (Fsp3) is 0.0769. The number of carboxylic acids is 1. The van der Waals surface area contributed by atoms with Gasteiger partial charge in [-0.05, 0) is 30.7 Å². The summed E-state index contributed by atoms with van der Waals surface area (Å²) in [5, 5.41) is 9.54. The molecule has 0 atom stereocenters. The second-order valence-corrected chi connectivity index (χ2v) is 4.12. The van der Waals surface area contributed by atoms with Crippen LogP contribution in [0.3, 0.4) is 0 Å². The fourth-order valence-electron chi connectivity index (χ4n) is 1.57. The van der Waals surface area contributed by atoms with Crippen LogP contribution in [0, 0.1) is 6.92 Å². The van der Waals surface area contributed by atoms with Gasteiger partial charge < -0.3 is 5.11 Å². The molecule has 17 heavy (non-hydrogen) atoms. The second-order valence-electron chi connectivity index (χ2n) is 3.68. The quantitative estimate of drug-likeness (QED) is 0.885.